The van der Waals surface area contributed by atoms with Crippen molar-refractivity contribution < 1.29 is 4.79 Å². The summed E-state index contributed by atoms with van der Waals surface area (Å²) in [4.78, 5) is 15.3. The van der Waals surface area contributed by atoms with Crippen molar-refractivity contribution >= 4 is 23.4 Å². The van der Waals surface area contributed by atoms with Crippen LogP contribution < -0.4 is 4.90 Å². The van der Waals surface area contributed by atoms with Gasteiger partial charge in [-0.05, 0) is 18.6 Å². The van der Waals surface area contributed by atoms with E-state index in [0.717, 1.165) is 12.1 Å². The predicted molar refractivity (Wildman–Crippen MR) is 66.7 cm³/mol. The number of benzene rings is 1. The number of allylic oxidation sites excluding steroid dienone is 1. The molecule has 0 bridgehead atoms. The van der Waals surface area contributed by atoms with Crippen LogP contribution in [0.15, 0.2) is 41.8 Å². The zero-order valence-electron chi connectivity index (χ0n) is 9.14. The van der Waals surface area contributed by atoms with Crippen molar-refractivity contribution in [2.24, 2.45) is 5.92 Å². The molecule has 0 saturated heterocycles. The quantitative estimate of drug-likeness (QED) is 0.693. The molecule has 1 aliphatic heterocycles. The average Bonchev–Trinajstić information content (AvgIpc) is 3.01. The van der Waals surface area contributed by atoms with Gasteiger partial charge in [0, 0.05) is 17.9 Å². The monoisotopic (exact) mass is 231 g/mol. The smallest absolute Gasteiger partial charge is 0.243 e. The molecule has 2 atom stereocenters. The molecule has 16 heavy (non-hydrogen) atoms. The fraction of sp³-hybridized carbons (Fsp3) is 0.308. The van der Waals surface area contributed by atoms with Gasteiger partial charge in [-0.25, -0.2) is 0 Å². The van der Waals surface area contributed by atoms with Crippen LogP contribution in [0.3, 0.4) is 0 Å². The van der Waals surface area contributed by atoms with Gasteiger partial charge in [0.1, 0.15) is 4.75 Å². The minimum atomic E-state index is -0.245. The van der Waals surface area contributed by atoms with Gasteiger partial charge in [-0.15, -0.1) is 18.3 Å². The van der Waals surface area contributed by atoms with Crippen LogP contribution >= 0.6 is 11.8 Å². The lowest BCUT2D eigenvalue weighted by atomic mass is 10.2. The number of fused-ring (bicyclic) bond motifs is 1. The lowest BCUT2D eigenvalue weighted by Gasteiger charge is -2.31. The number of para-hydroxylation sites is 1. The van der Waals surface area contributed by atoms with E-state index in [4.69, 9.17) is 0 Å². The van der Waals surface area contributed by atoms with Crippen molar-refractivity contribution in [1.29, 1.82) is 0 Å². The molecule has 1 spiro atoms. The van der Waals surface area contributed by atoms with Gasteiger partial charge < -0.3 is 4.90 Å². The molecule has 2 nitrogen and oxygen atoms in total. The topological polar surface area (TPSA) is 20.3 Å². The largest absolute Gasteiger partial charge is 0.313 e. The van der Waals surface area contributed by atoms with Crippen molar-refractivity contribution in [2.45, 2.75) is 16.1 Å². The highest BCUT2D eigenvalue weighted by atomic mass is 32.2. The average molecular weight is 231 g/mol. The maximum Gasteiger partial charge on any atom is 0.243 e. The Hall–Kier alpha value is -1.22. The van der Waals surface area contributed by atoms with Crippen molar-refractivity contribution in [3.63, 3.8) is 0 Å². The number of anilines is 1. The third kappa shape index (κ3) is 1.12. The van der Waals surface area contributed by atoms with Gasteiger partial charge in [0.25, 0.3) is 0 Å². The molecule has 82 valence electrons. The first-order valence-electron chi connectivity index (χ1n) is 5.38. The second kappa shape index (κ2) is 3.14. The molecular weight excluding hydrogens is 218 g/mol. The van der Waals surface area contributed by atoms with E-state index in [9.17, 15) is 4.79 Å². The molecule has 0 unspecified atom stereocenters. The Labute approximate surface area is 99.3 Å². The molecule has 1 amide bonds. The highest BCUT2D eigenvalue weighted by Gasteiger charge is 2.62. The normalized spacial score (nSPS) is 31.4. The number of hydrogen-bond donors (Lipinski definition) is 0. The first-order chi connectivity index (χ1) is 7.69. The summed E-state index contributed by atoms with van der Waals surface area (Å²) in [6, 6.07) is 8.08. The van der Waals surface area contributed by atoms with Gasteiger partial charge in [0.15, 0.2) is 0 Å². The third-order valence-corrected chi connectivity index (χ3v) is 5.01. The first-order valence-corrected chi connectivity index (χ1v) is 6.19. The summed E-state index contributed by atoms with van der Waals surface area (Å²) < 4.78 is -0.245. The molecule has 0 aromatic heterocycles. The van der Waals surface area contributed by atoms with E-state index in [1.165, 1.54) is 4.90 Å². The number of rotatable bonds is 1. The van der Waals surface area contributed by atoms with Crippen molar-refractivity contribution in [2.75, 3.05) is 11.9 Å². The zero-order chi connectivity index (χ0) is 11.3. The summed E-state index contributed by atoms with van der Waals surface area (Å²) in [6.45, 7) is 3.80. The molecule has 0 N–H and O–H groups in total. The van der Waals surface area contributed by atoms with Crippen molar-refractivity contribution in [1.82, 2.24) is 0 Å². The molecule has 1 fully saturated rings. The Kier molecular flexibility index (Phi) is 1.96. The van der Waals surface area contributed by atoms with E-state index < -0.39 is 0 Å². The first kappa shape index (κ1) is 9.97. The Morgan fingerprint density at radius 1 is 1.56 bits per heavy atom. The molecule has 1 saturated carbocycles. The van der Waals surface area contributed by atoms with E-state index in [2.05, 4.69) is 12.6 Å². The number of carbonyl (C=O) groups excluding carboxylic acids is 1. The van der Waals surface area contributed by atoms with Gasteiger partial charge in [-0.2, -0.15) is 0 Å². The summed E-state index contributed by atoms with van der Waals surface area (Å²) in [6.07, 6.45) is 2.84. The highest BCUT2D eigenvalue weighted by Crippen LogP contribution is 2.62. The van der Waals surface area contributed by atoms with Crippen molar-refractivity contribution in [3.8, 4) is 0 Å². The molecule has 1 heterocycles. The molecule has 3 heteroatoms. The zero-order valence-corrected chi connectivity index (χ0v) is 9.96. The maximum absolute atomic E-state index is 12.3. The fourth-order valence-corrected chi connectivity index (χ4v) is 3.94. The summed E-state index contributed by atoms with van der Waals surface area (Å²) in [5, 5.41) is 0. The Balaban J connectivity index is 2.07. The van der Waals surface area contributed by atoms with Crippen LogP contribution in [-0.2, 0) is 4.79 Å². The van der Waals surface area contributed by atoms with Crippen LogP contribution in [0.4, 0.5) is 5.69 Å². The SMILES string of the molecule is C=C[C@@H]1C[C@]12Sc1ccccc1N(C)C2=O. The number of carbonyl (C=O) groups is 1. The number of amides is 1. The summed E-state index contributed by atoms with van der Waals surface area (Å²) in [7, 11) is 1.86. The van der Waals surface area contributed by atoms with Crippen LogP contribution in [-0.4, -0.2) is 17.7 Å². The highest BCUT2D eigenvalue weighted by molar-refractivity contribution is 8.02. The summed E-state index contributed by atoms with van der Waals surface area (Å²) >= 11 is 1.71. The van der Waals surface area contributed by atoms with Crippen LogP contribution in [0, 0.1) is 5.92 Å². The van der Waals surface area contributed by atoms with Crippen molar-refractivity contribution in [3.05, 3.63) is 36.9 Å². The van der Waals surface area contributed by atoms with Crippen LogP contribution in [0.2, 0.25) is 0 Å². The summed E-state index contributed by atoms with van der Waals surface area (Å²) in [5.41, 5.74) is 1.03. The Bertz CT molecular complexity index is 485. The second-order valence-corrected chi connectivity index (χ2v) is 5.74. The standard InChI is InChI=1S/C13H13NOS/c1-3-9-8-13(9)12(15)14(2)10-6-4-5-7-11(10)16-13/h3-7,9H,1,8H2,2H3/t9-,13+/m1/s1. The number of nitrogens with zero attached hydrogens (tertiary/aromatic N) is 1. The van der Waals surface area contributed by atoms with E-state index >= 15 is 0 Å². The molecule has 1 aromatic carbocycles. The molecule has 2 aliphatic rings. The summed E-state index contributed by atoms with van der Waals surface area (Å²) in [5.74, 6) is 0.557. The Morgan fingerprint density at radius 2 is 2.31 bits per heavy atom. The lowest BCUT2D eigenvalue weighted by Crippen LogP contribution is -2.40. The van der Waals surface area contributed by atoms with E-state index in [1.54, 1.807) is 16.7 Å². The van der Waals surface area contributed by atoms with Gasteiger partial charge in [-0.3, -0.25) is 4.79 Å². The van der Waals surface area contributed by atoms with Crippen LogP contribution in [0.1, 0.15) is 6.42 Å². The molecule has 0 radical (unpaired) electrons. The Morgan fingerprint density at radius 3 is 3.00 bits per heavy atom. The third-order valence-electron chi connectivity index (χ3n) is 3.43. The minimum absolute atomic E-state index is 0.223. The molecular formula is C13H13NOS. The second-order valence-electron chi connectivity index (χ2n) is 4.37. The predicted octanol–water partition coefficient (Wildman–Crippen LogP) is 2.70. The molecule has 1 aromatic rings. The van der Waals surface area contributed by atoms with Gasteiger partial charge in [0.05, 0.1) is 5.69 Å². The van der Waals surface area contributed by atoms with Gasteiger partial charge >= 0.3 is 0 Å². The lowest BCUT2D eigenvalue weighted by molar-refractivity contribution is -0.118. The number of hydrogen-bond acceptors (Lipinski definition) is 2. The van der Waals surface area contributed by atoms with E-state index in [-0.39, 0.29) is 10.7 Å². The van der Waals surface area contributed by atoms with Crippen LogP contribution in [0.5, 0.6) is 0 Å². The molecule has 1 aliphatic carbocycles. The van der Waals surface area contributed by atoms with E-state index in [1.807, 2.05) is 31.3 Å². The minimum Gasteiger partial charge on any atom is -0.313 e. The maximum atomic E-state index is 12.3. The van der Waals surface area contributed by atoms with Crippen LogP contribution in [0.25, 0.3) is 0 Å². The fourth-order valence-electron chi connectivity index (χ4n) is 2.36. The molecule has 3 rings (SSSR count). The van der Waals surface area contributed by atoms with Gasteiger partial charge in [0.2, 0.25) is 5.91 Å². The van der Waals surface area contributed by atoms with Gasteiger partial charge in [-0.1, -0.05) is 18.2 Å². The number of thioether (sulfide) groups is 1. The van der Waals surface area contributed by atoms with E-state index in [0.29, 0.717) is 5.92 Å².